The number of aromatic nitrogens is 2. The number of halogens is 1. The fourth-order valence-electron chi connectivity index (χ4n) is 4.02. The van der Waals surface area contributed by atoms with Gasteiger partial charge in [0.25, 0.3) is 5.56 Å². The maximum Gasteiger partial charge on any atom is 0.261 e. The lowest BCUT2D eigenvalue weighted by Gasteiger charge is -2.25. The van der Waals surface area contributed by atoms with Gasteiger partial charge in [0, 0.05) is 37.0 Å². The van der Waals surface area contributed by atoms with E-state index in [1.807, 2.05) is 35.2 Å². The van der Waals surface area contributed by atoms with Crippen LogP contribution in [0.2, 0.25) is 5.02 Å². The molecule has 1 aliphatic rings. The van der Waals surface area contributed by atoms with Crippen LogP contribution in [0.1, 0.15) is 37.2 Å². The van der Waals surface area contributed by atoms with Gasteiger partial charge in [-0.25, -0.2) is 4.98 Å². The predicted molar refractivity (Wildman–Crippen MR) is 115 cm³/mol. The van der Waals surface area contributed by atoms with Crippen molar-refractivity contribution in [1.82, 2.24) is 14.5 Å². The number of aryl methyl sites for hydroxylation is 1. The van der Waals surface area contributed by atoms with E-state index in [4.69, 9.17) is 11.6 Å². The molecule has 1 aliphatic heterocycles. The maximum absolute atomic E-state index is 12.9. The largest absolute Gasteiger partial charge is 0.342 e. The lowest BCUT2D eigenvalue weighted by atomic mass is 9.94. The van der Waals surface area contributed by atoms with E-state index in [2.05, 4.69) is 17.1 Å². The summed E-state index contributed by atoms with van der Waals surface area (Å²) < 4.78 is 1.54. The van der Waals surface area contributed by atoms with Crippen LogP contribution in [0.4, 0.5) is 0 Å². The molecule has 1 fully saturated rings. The molecule has 0 radical (unpaired) electrons. The van der Waals surface area contributed by atoms with Crippen LogP contribution in [0.15, 0.2) is 59.7 Å². The van der Waals surface area contributed by atoms with Gasteiger partial charge in [0.1, 0.15) is 0 Å². The van der Waals surface area contributed by atoms with Crippen molar-refractivity contribution in [1.29, 1.82) is 0 Å². The minimum absolute atomic E-state index is 0.0888. The van der Waals surface area contributed by atoms with Crippen LogP contribution < -0.4 is 5.56 Å². The van der Waals surface area contributed by atoms with E-state index in [1.54, 1.807) is 6.07 Å². The average molecular weight is 410 g/mol. The second kappa shape index (κ2) is 8.78. The molecule has 0 bridgehead atoms. The summed E-state index contributed by atoms with van der Waals surface area (Å²) in [7, 11) is 0. The molecule has 2 aromatic carbocycles. The lowest BCUT2D eigenvalue weighted by molar-refractivity contribution is -0.131. The Morgan fingerprint density at radius 3 is 2.72 bits per heavy atom. The SMILES string of the molecule is O=C(CCn1cnc2ccccc2c1=O)N1CCCCC(c2ccc(Cl)cc2)C1. The predicted octanol–water partition coefficient (Wildman–Crippen LogP) is 4.24. The number of fused-ring (bicyclic) bond motifs is 1. The van der Waals surface area contributed by atoms with Gasteiger partial charge < -0.3 is 4.90 Å². The number of likely N-dealkylation sites (tertiary alicyclic amines) is 1. The summed E-state index contributed by atoms with van der Waals surface area (Å²) in [5.74, 6) is 0.412. The van der Waals surface area contributed by atoms with Gasteiger partial charge in [0.15, 0.2) is 0 Å². The molecule has 1 saturated heterocycles. The Hall–Kier alpha value is -2.66. The second-order valence-electron chi connectivity index (χ2n) is 7.59. The van der Waals surface area contributed by atoms with E-state index in [0.717, 1.165) is 30.8 Å². The Morgan fingerprint density at radius 1 is 1.10 bits per heavy atom. The number of nitrogens with zero attached hydrogens (tertiary/aromatic N) is 3. The summed E-state index contributed by atoms with van der Waals surface area (Å²) >= 11 is 6.01. The minimum Gasteiger partial charge on any atom is -0.342 e. The molecule has 0 saturated carbocycles. The molecule has 0 N–H and O–H groups in total. The first-order valence-corrected chi connectivity index (χ1v) is 10.5. The molecular formula is C23H24ClN3O2. The summed E-state index contributed by atoms with van der Waals surface area (Å²) in [6.07, 6.45) is 5.02. The highest BCUT2D eigenvalue weighted by Gasteiger charge is 2.23. The smallest absolute Gasteiger partial charge is 0.261 e. The van der Waals surface area contributed by atoms with Crippen LogP contribution in [-0.4, -0.2) is 33.4 Å². The van der Waals surface area contributed by atoms with Crippen LogP contribution >= 0.6 is 11.6 Å². The molecule has 1 amide bonds. The number of benzene rings is 2. The molecule has 1 atom stereocenters. The molecule has 5 nitrogen and oxygen atoms in total. The van der Waals surface area contributed by atoms with Gasteiger partial charge in [-0.15, -0.1) is 0 Å². The molecule has 2 heterocycles. The van der Waals surface area contributed by atoms with Crippen molar-refractivity contribution < 1.29 is 4.79 Å². The maximum atomic E-state index is 12.9. The standard InChI is InChI=1S/C23H24ClN3O2/c24-19-10-8-17(9-11-19)18-5-3-4-13-26(15-18)22(28)12-14-27-16-25-21-7-2-1-6-20(21)23(27)29/h1-2,6-11,16,18H,3-5,12-15H2. The van der Waals surface area contributed by atoms with E-state index >= 15 is 0 Å². The van der Waals surface area contributed by atoms with Crippen LogP contribution in [0.5, 0.6) is 0 Å². The quantitative estimate of drug-likeness (QED) is 0.647. The summed E-state index contributed by atoms with van der Waals surface area (Å²) in [6.45, 7) is 1.83. The van der Waals surface area contributed by atoms with E-state index in [1.165, 1.54) is 16.5 Å². The molecule has 1 unspecified atom stereocenters. The Kier molecular flexibility index (Phi) is 5.95. The Labute approximate surface area is 174 Å². The zero-order valence-electron chi connectivity index (χ0n) is 16.3. The summed E-state index contributed by atoms with van der Waals surface area (Å²) in [5, 5.41) is 1.31. The highest BCUT2D eigenvalue weighted by atomic mass is 35.5. The third-order valence-electron chi connectivity index (χ3n) is 5.66. The number of para-hydroxylation sites is 1. The Balaban J connectivity index is 1.44. The van der Waals surface area contributed by atoms with Crippen molar-refractivity contribution in [3.8, 4) is 0 Å². The molecule has 1 aromatic heterocycles. The number of rotatable bonds is 4. The highest BCUT2D eigenvalue weighted by molar-refractivity contribution is 6.30. The van der Waals surface area contributed by atoms with Crippen molar-refractivity contribution in [2.75, 3.05) is 13.1 Å². The first kappa shape index (κ1) is 19.6. The van der Waals surface area contributed by atoms with Crippen molar-refractivity contribution in [3.05, 3.63) is 75.8 Å². The summed E-state index contributed by atoms with van der Waals surface area (Å²) in [5.41, 5.74) is 1.81. The van der Waals surface area contributed by atoms with Crippen LogP contribution in [0, 0.1) is 0 Å². The number of amides is 1. The highest BCUT2D eigenvalue weighted by Crippen LogP contribution is 2.27. The van der Waals surface area contributed by atoms with Gasteiger partial charge in [-0.2, -0.15) is 0 Å². The van der Waals surface area contributed by atoms with Gasteiger partial charge >= 0.3 is 0 Å². The Bertz CT molecular complexity index is 1060. The van der Waals surface area contributed by atoms with Crippen molar-refractivity contribution in [2.45, 2.75) is 38.1 Å². The Morgan fingerprint density at radius 2 is 1.90 bits per heavy atom. The van der Waals surface area contributed by atoms with E-state index < -0.39 is 0 Å². The third-order valence-corrected chi connectivity index (χ3v) is 5.92. The zero-order chi connectivity index (χ0) is 20.2. The first-order chi connectivity index (χ1) is 14.1. The van der Waals surface area contributed by atoms with Crippen LogP contribution in [-0.2, 0) is 11.3 Å². The molecule has 0 aliphatic carbocycles. The molecule has 3 aromatic rings. The molecule has 150 valence electrons. The number of carbonyl (C=O) groups excluding carboxylic acids is 1. The van der Waals surface area contributed by atoms with E-state index in [-0.39, 0.29) is 11.5 Å². The first-order valence-electron chi connectivity index (χ1n) is 10.1. The molecule has 0 spiro atoms. The average Bonchev–Trinajstić information content (AvgIpc) is 3.00. The van der Waals surface area contributed by atoms with Crippen molar-refractivity contribution in [2.24, 2.45) is 0 Å². The lowest BCUT2D eigenvalue weighted by Crippen LogP contribution is -2.35. The van der Waals surface area contributed by atoms with Crippen molar-refractivity contribution >= 4 is 28.4 Å². The minimum atomic E-state index is -0.0988. The fourth-order valence-corrected chi connectivity index (χ4v) is 4.14. The van der Waals surface area contributed by atoms with Gasteiger partial charge in [-0.3, -0.25) is 14.2 Å². The van der Waals surface area contributed by atoms with E-state index in [9.17, 15) is 9.59 Å². The van der Waals surface area contributed by atoms with Crippen LogP contribution in [0.3, 0.4) is 0 Å². The van der Waals surface area contributed by atoms with Gasteiger partial charge in [-0.1, -0.05) is 42.3 Å². The topological polar surface area (TPSA) is 55.2 Å². The fraction of sp³-hybridized carbons (Fsp3) is 0.348. The number of hydrogen-bond donors (Lipinski definition) is 0. The molecular weight excluding hydrogens is 386 g/mol. The normalized spacial score (nSPS) is 17.3. The third kappa shape index (κ3) is 4.51. The van der Waals surface area contributed by atoms with Gasteiger partial charge in [-0.05, 0) is 42.7 Å². The zero-order valence-corrected chi connectivity index (χ0v) is 17.0. The van der Waals surface area contributed by atoms with Gasteiger partial charge in [0.05, 0.1) is 17.2 Å². The summed E-state index contributed by atoms with van der Waals surface area (Å²) in [4.78, 5) is 31.8. The molecule has 6 heteroatoms. The molecule has 4 rings (SSSR count). The van der Waals surface area contributed by atoms with Gasteiger partial charge in [0.2, 0.25) is 5.91 Å². The van der Waals surface area contributed by atoms with E-state index in [0.29, 0.717) is 36.3 Å². The van der Waals surface area contributed by atoms with Crippen LogP contribution in [0.25, 0.3) is 10.9 Å². The van der Waals surface area contributed by atoms with Crippen molar-refractivity contribution in [3.63, 3.8) is 0 Å². The molecule has 29 heavy (non-hydrogen) atoms. The number of hydrogen-bond acceptors (Lipinski definition) is 3. The second-order valence-corrected chi connectivity index (χ2v) is 8.03. The monoisotopic (exact) mass is 409 g/mol. The number of carbonyl (C=O) groups is 1. The summed E-state index contributed by atoms with van der Waals surface area (Å²) in [6, 6.07) is 15.2.